The largest absolute Gasteiger partial charge is 0.416 e. The van der Waals surface area contributed by atoms with Gasteiger partial charge in [0.2, 0.25) is 15.9 Å². The summed E-state index contributed by atoms with van der Waals surface area (Å²) >= 11 is 1.60. The summed E-state index contributed by atoms with van der Waals surface area (Å²) in [5.41, 5.74) is 5.11. The van der Waals surface area contributed by atoms with E-state index in [1.165, 1.54) is 0 Å². The molecule has 7 nitrogen and oxygen atoms in total. The number of thiophene rings is 1. The van der Waals surface area contributed by atoms with E-state index in [1.807, 2.05) is 17.5 Å². The molecule has 0 aliphatic carbocycles. The summed E-state index contributed by atoms with van der Waals surface area (Å²) in [5, 5.41) is 1.97. The Morgan fingerprint density at radius 1 is 1.06 bits per heavy atom. The van der Waals surface area contributed by atoms with Gasteiger partial charge in [-0.15, -0.1) is 11.3 Å². The molecule has 2 N–H and O–H groups in total. The van der Waals surface area contributed by atoms with E-state index in [4.69, 9.17) is 0 Å². The number of alkyl halides is 3. The first-order valence-corrected chi connectivity index (χ1v) is 12.0. The van der Waals surface area contributed by atoms with E-state index in [-0.39, 0.29) is 38.1 Å². The molecule has 0 bridgehead atoms. The summed E-state index contributed by atoms with van der Waals surface area (Å²) in [6.45, 7) is 0.412. The molecule has 31 heavy (non-hydrogen) atoms. The fourth-order valence-electron chi connectivity index (χ4n) is 3.75. The Kier molecular flexibility index (Phi) is 6.10. The van der Waals surface area contributed by atoms with Crippen molar-refractivity contribution in [3.05, 3.63) is 52.2 Å². The molecule has 2 unspecified atom stereocenters. The minimum absolute atomic E-state index is 0.0266. The zero-order valence-electron chi connectivity index (χ0n) is 16.3. The third-order valence-electron chi connectivity index (χ3n) is 5.44. The molecule has 4 rings (SSSR count). The Bertz CT molecular complexity index is 1040. The van der Waals surface area contributed by atoms with Gasteiger partial charge in [0.1, 0.15) is 6.04 Å². The quantitative estimate of drug-likeness (QED) is 0.710. The van der Waals surface area contributed by atoms with Crippen LogP contribution in [0.5, 0.6) is 0 Å². The standard InChI is InChI=1S/C19H21F3N4O3S2/c20-19(21,22)13-3-1-4-14(11-13)31(28,29)26-8-6-25(7-9-26)18(27)16-12-15(23-24-16)17-5-2-10-30-17/h1-5,10-11,15-16,23-24H,6-9,12H2. The number of piperazine rings is 1. The normalized spacial score (nSPS) is 23.3. The minimum atomic E-state index is -4.63. The molecule has 2 atom stereocenters. The van der Waals surface area contributed by atoms with Crippen LogP contribution in [0.4, 0.5) is 13.2 Å². The maximum Gasteiger partial charge on any atom is 0.416 e. The van der Waals surface area contributed by atoms with E-state index in [0.29, 0.717) is 12.5 Å². The van der Waals surface area contributed by atoms with Gasteiger partial charge >= 0.3 is 6.18 Å². The maximum atomic E-state index is 12.9. The number of halogens is 3. The maximum absolute atomic E-state index is 12.9. The van der Waals surface area contributed by atoms with Gasteiger partial charge in [-0.05, 0) is 36.1 Å². The van der Waals surface area contributed by atoms with E-state index < -0.39 is 32.7 Å². The number of hydrogen-bond acceptors (Lipinski definition) is 6. The fraction of sp³-hybridized carbons (Fsp3) is 0.421. The summed E-state index contributed by atoms with van der Waals surface area (Å²) < 4.78 is 65.6. The topological polar surface area (TPSA) is 81.8 Å². The Hall–Kier alpha value is -1.99. The van der Waals surface area contributed by atoms with Gasteiger partial charge in [-0.3, -0.25) is 4.79 Å². The van der Waals surface area contributed by atoms with Crippen LogP contribution >= 0.6 is 11.3 Å². The van der Waals surface area contributed by atoms with E-state index in [0.717, 1.165) is 27.4 Å². The van der Waals surface area contributed by atoms with Crippen molar-refractivity contribution in [2.24, 2.45) is 0 Å². The number of rotatable bonds is 4. The molecule has 3 heterocycles. The van der Waals surface area contributed by atoms with Crippen molar-refractivity contribution in [3.8, 4) is 0 Å². The van der Waals surface area contributed by atoms with Crippen LogP contribution in [0.2, 0.25) is 0 Å². The highest BCUT2D eigenvalue weighted by Gasteiger charge is 2.37. The number of carbonyl (C=O) groups excluding carboxylic acids is 1. The summed E-state index contributed by atoms with van der Waals surface area (Å²) in [4.78, 5) is 15.1. The van der Waals surface area contributed by atoms with Crippen LogP contribution in [0.15, 0.2) is 46.7 Å². The van der Waals surface area contributed by atoms with Crippen molar-refractivity contribution in [3.63, 3.8) is 0 Å². The predicted octanol–water partition coefficient (Wildman–Crippen LogP) is 2.21. The van der Waals surface area contributed by atoms with Crippen LogP contribution in [0.3, 0.4) is 0 Å². The van der Waals surface area contributed by atoms with Gasteiger partial charge in [0.05, 0.1) is 16.5 Å². The number of benzene rings is 1. The lowest BCUT2D eigenvalue weighted by molar-refractivity contribution is -0.138. The summed E-state index contributed by atoms with van der Waals surface area (Å²) in [7, 11) is -4.08. The molecule has 2 aromatic rings. The molecule has 1 aromatic carbocycles. The predicted molar refractivity (Wildman–Crippen MR) is 109 cm³/mol. The first kappa shape index (κ1) is 22.2. The molecule has 1 aromatic heterocycles. The molecule has 2 aliphatic heterocycles. The second kappa shape index (κ2) is 8.51. The van der Waals surface area contributed by atoms with Crippen LogP contribution in [0.1, 0.15) is 22.9 Å². The Balaban J connectivity index is 1.38. The first-order chi connectivity index (χ1) is 14.7. The second-order valence-electron chi connectivity index (χ2n) is 7.40. The van der Waals surface area contributed by atoms with Gasteiger partial charge < -0.3 is 4.90 Å². The highest BCUT2D eigenvalue weighted by atomic mass is 32.2. The second-order valence-corrected chi connectivity index (χ2v) is 10.3. The molecule has 168 valence electrons. The SMILES string of the molecule is O=C(C1CC(c2cccs2)NN1)N1CCN(S(=O)(=O)c2cccc(C(F)(F)F)c2)CC1. The molecule has 1 amide bonds. The van der Waals surface area contributed by atoms with Crippen molar-refractivity contribution in [2.45, 2.75) is 29.6 Å². The third-order valence-corrected chi connectivity index (χ3v) is 8.32. The van der Waals surface area contributed by atoms with Gasteiger partial charge in [-0.25, -0.2) is 19.3 Å². The van der Waals surface area contributed by atoms with Crippen LogP contribution in [0, 0.1) is 0 Å². The van der Waals surface area contributed by atoms with Crippen LogP contribution in [-0.4, -0.2) is 55.8 Å². The molecule has 0 spiro atoms. The number of sulfonamides is 1. The Morgan fingerprint density at radius 3 is 2.45 bits per heavy atom. The average molecular weight is 475 g/mol. The van der Waals surface area contributed by atoms with E-state index in [9.17, 15) is 26.4 Å². The van der Waals surface area contributed by atoms with Crippen molar-refractivity contribution >= 4 is 27.3 Å². The number of carbonyl (C=O) groups is 1. The third kappa shape index (κ3) is 4.62. The van der Waals surface area contributed by atoms with E-state index >= 15 is 0 Å². The molecule has 0 radical (unpaired) electrons. The number of nitrogens with one attached hydrogen (secondary N) is 2. The number of amides is 1. The average Bonchev–Trinajstić information content (AvgIpc) is 3.45. The number of nitrogens with zero attached hydrogens (tertiary/aromatic N) is 2. The number of hydrogen-bond donors (Lipinski definition) is 2. The molecule has 2 fully saturated rings. The van der Waals surface area contributed by atoms with Crippen molar-refractivity contribution in [1.82, 2.24) is 20.1 Å². The van der Waals surface area contributed by atoms with E-state index in [2.05, 4.69) is 10.9 Å². The van der Waals surface area contributed by atoms with Crippen LogP contribution in [-0.2, 0) is 21.0 Å². The van der Waals surface area contributed by atoms with Crippen molar-refractivity contribution in [1.29, 1.82) is 0 Å². The zero-order chi connectivity index (χ0) is 22.2. The molecule has 2 aliphatic rings. The van der Waals surface area contributed by atoms with E-state index in [1.54, 1.807) is 16.2 Å². The lowest BCUT2D eigenvalue weighted by Gasteiger charge is -2.35. The van der Waals surface area contributed by atoms with Gasteiger partial charge in [-0.1, -0.05) is 12.1 Å². The Labute approximate surface area is 181 Å². The highest BCUT2D eigenvalue weighted by molar-refractivity contribution is 7.89. The first-order valence-electron chi connectivity index (χ1n) is 9.67. The van der Waals surface area contributed by atoms with Crippen LogP contribution < -0.4 is 10.9 Å². The summed E-state index contributed by atoms with van der Waals surface area (Å²) in [5.74, 6) is -0.123. The molecule has 2 saturated heterocycles. The molecular weight excluding hydrogens is 453 g/mol. The monoisotopic (exact) mass is 474 g/mol. The van der Waals surface area contributed by atoms with Crippen LogP contribution in [0.25, 0.3) is 0 Å². The molecule has 0 saturated carbocycles. The summed E-state index contributed by atoms with van der Waals surface area (Å²) in [6.07, 6.45) is -4.04. The molecule has 12 heteroatoms. The smallest absolute Gasteiger partial charge is 0.339 e. The Morgan fingerprint density at radius 2 is 1.81 bits per heavy atom. The van der Waals surface area contributed by atoms with Crippen molar-refractivity contribution in [2.75, 3.05) is 26.2 Å². The van der Waals surface area contributed by atoms with Gasteiger partial charge in [0.25, 0.3) is 0 Å². The van der Waals surface area contributed by atoms with Crippen molar-refractivity contribution < 1.29 is 26.4 Å². The van der Waals surface area contributed by atoms with Gasteiger partial charge in [0, 0.05) is 31.1 Å². The van der Waals surface area contributed by atoms with Gasteiger partial charge in [0.15, 0.2) is 0 Å². The lowest BCUT2D eigenvalue weighted by atomic mass is 10.1. The lowest BCUT2D eigenvalue weighted by Crippen LogP contribution is -2.54. The summed E-state index contributed by atoms with van der Waals surface area (Å²) in [6, 6.07) is 7.28. The minimum Gasteiger partial charge on any atom is -0.339 e. The molecular formula is C19H21F3N4O3S2. The fourth-order valence-corrected chi connectivity index (χ4v) is 6.00. The zero-order valence-corrected chi connectivity index (χ0v) is 17.9. The number of hydrazine groups is 1. The highest BCUT2D eigenvalue weighted by Crippen LogP contribution is 2.31. The van der Waals surface area contributed by atoms with Gasteiger partial charge in [-0.2, -0.15) is 17.5 Å².